The summed E-state index contributed by atoms with van der Waals surface area (Å²) in [5, 5.41) is 1.42. The van der Waals surface area contributed by atoms with Crippen molar-refractivity contribution in [3.63, 3.8) is 0 Å². The number of aryl methyl sites for hydroxylation is 1. The van der Waals surface area contributed by atoms with E-state index in [-0.39, 0.29) is 0 Å². The Labute approximate surface area is 164 Å². The molecular weight excluding hydrogens is 344 g/mol. The molecule has 1 saturated heterocycles. The van der Waals surface area contributed by atoms with Crippen LogP contribution in [0.1, 0.15) is 29.2 Å². The van der Waals surface area contributed by atoms with Gasteiger partial charge in [-0.3, -0.25) is 14.5 Å². The van der Waals surface area contributed by atoms with Gasteiger partial charge in [0.05, 0.1) is 5.52 Å². The van der Waals surface area contributed by atoms with E-state index in [1.165, 1.54) is 41.7 Å². The fourth-order valence-electron chi connectivity index (χ4n) is 5.01. The maximum atomic E-state index is 4.87. The summed E-state index contributed by atoms with van der Waals surface area (Å²) in [5.74, 6) is 1.67. The molecule has 28 heavy (non-hydrogen) atoms. The lowest BCUT2D eigenvalue weighted by molar-refractivity contribution is 0.308. The first kappa shape index (κ1) is 16.0. The van der Waals surface area contributed by atoms with E-state index in [0.717, 1.165) is 23.5 Å². The van der Waals surface area contributed by atoms with E-state index < -0.39 is 0 Å². The van der Waals surface area contributed by atoms with Gasteiger partial charge in [0.25, 0.3) is 0 Å². The quantitative estimate of drug-likeness (QED) is 0.516. The van der Waals surface area contributed by atoms with Gasteiger partial charge in [-0.25, -0.2) is 4.98 Å². The van der Waals surface area contributed by atoms with Gasteiger partial charge in [0.1, 0.15) is 5.82 Å². The van der Waals surface area contributed by atoms with Crippen molar-refractivity contribution in [3.8, 4) is 16.9 Å². The van der Waals surface area contributed by atoms with E-state index in [4.69, 9.17) is 4.98 Å². The number of aromatic nitrogens is 3. The standard InChI is InChI=1S/C24H22N4/c1-16-2-4-21-20(12-16)24-19-8-11-27(14-19)15-22(24)28(21)23-5-3-18(13-26-23)17-6-9-25-10-7-17/h2-7,9-10,12-13,19H,8,11,14-15H2,1H3. The molecular formula is C24H22N4. The number of nitrogens with zero attached hydrogens (tertiary/aromatic N) is 4. The van der Waals surface area contributed by atoms with Gasteiger partial charge in [0.15, 0.2) is 0 Å². The van der Waals surface area contributed by atoms with Crippen molar-refractivity contribution < 1.29 is 0 Å². The van der Waals surface area contributed by atoms with Crippen molar-refractivity contribution in [1.29, 1.82) is 0 Å². The molecule has 4 aromatic rings. The molecule has 5 heterocycles. The fourth-order valence-corrected chi connectivity index (χ4v) is 5.01. The summed E-state index contributed by atoms with van der Waals surface area (Å²) in [6.45, 7) is 5.62. The summed E-state index contributed by atoms with van der Waals surface area (Å²) >= 11 is 0. The average molecular weight is 366 g/mol. The highest BCUT2D eigenvalue weighted by Gasteiger charge is 2.35. The highest BCUT2D eigenvalue weighted by molar-refractivity contribution is 5.89. The summed E-state index contributed by atoms with van der Waals surface area (Å²) < 4.78 is 2.39. The van der Waals surface area contributed by atoms with Crippen LogP contribution in [0.5, 0.6) is 0 Å². The van der Waals surface area contributed by atoms with E-state index in [9.17, 15) is 0 Å². The predicted octanol–water partition coefficient (Wildman–Crippen LogP) is 4.70. The number of rotatable bonds is 2. The smallest absolute Gasteiger partial charge is 0.137 e. The van der Waals surface area contributed by atoms with Crippen molar-refractivity contribution in [2.24, 2.45) is 0 Å². The predicted molar refractivity (Wildman–Crippen MR) is 112 cm³/mol. The van der Waals surface area contributed by atoms with Gasteiger partial charge < -0.3 is 0 Å². The SMILES string of the molecule is Cc1ccc2c(c1)c1c(n2-c2ccc(-c3ccncc3)cn2)CN2CCC1C2. The zero-order chi connectivity index (χ0) is 18.7. The first-order valence-electron chi connectivity index (χ1n) is 10.0. The Bertz CT molecular complexity index is 1170. The van der Waals surface area contributed by atoms with Crippen LogP contribution in [0.3, 0.4) is 0 Å². The van der Waals surface area contributed by atoms with Crippen LogP contribution in [0, 0.1) is 6.92 Å². The minimum Gasteiger partial charge on any atom is -0.297 e. The number of hydrogen-bond donors (Lipinski definition) is 0. The summed E-state index contributed by atoms with van der Waals surface area (Å²) in [7, 11) is 0. The molecule has 2 aliphatic heterocycles. The van der Waals surface area contributed by atoms with Gasteiger partial charge in [-0.15, -0.1) is 0 Å². The molecule has 0 aliphatic carbocycles. The third-order valence-electron chi connectivity index (χ3n) is 6.31. The van der Waals surface area contributed by atoms with Crippen LogP contribution in [0.15, 0.2) is 61.1 Å². The van der Waals surface area contributed by atoms with Gasteiger partial charge in [-0.05, 0) is 67.4 Å². The minimum absolute atomic E-state index is 0.658. The average Bonchev–Trinajstić information content (AvgIpc) is 3.27. The van der Waals surface area contributed by atoms with E-state index in [1.54, 1.807) is 5.56 Å². The van der Waals surface area contributed by atoms with Crippen molar-refractivity contribution in [2.75, 3.05) is 13.1 Å². The Kier molecular flexibility index (Phi) is 3.44. The molecule has 1 aromatic carbocycles. The van der Waals surface area contributed by atoms with Crippen LogP contribution < -0.4 is 0 Å². The fraction of sp³-hybridized carbons (Fsp3) is 0.250. The normalized spacial score (nSPS) is 20.5. The topological polar surface area (TPSA) is 34.0 Å². The molecule has 138 valence electrons. The third kappa shape index (κ3) is 2.34. The second-order valence-electron chi connectivity index (χ2n) is 8.08. The Morgan fingerprint density at radius 2 is 1.89 bits per heavy atom. The van der Waals surface area contributed by atoms with Crippen LogP contribution in [0.4, 0.5) is 0 Å². The highest BCUT2D eigenvalue weighted by Crippen LogP contribution is 2.43. The maximum absolute atomic E-state index is 4.87. The minimum atomic E-state index is 0.658. The molecule has 3 aromatic heterocycles. The lowest BCUT2D eigenvalue weighted by Gasteiger charge is -2.24. The second-order valence-corrected chi connectivity index (χ2v) is 8.08. The molecule has 2 atom stereocenters. The van der Waals surface area contributed by atoms with Crippen LogP contribution in [0.25, 0.3) is 27.8 Å². The lowest BCUT2D eigenvalue weighted by Crippen LogP contribution is -2.26. The van der Waals surface area contributed by atoms with Crippen LogP contribution in [-0.4, -0.2) is 32.5 Å². The molecule has 2 unspecified atom stereocenters. The zero-order valence-electron chi connectivity index (χ0n) is 16.0. The second kappa shape index (κ2) is 6.01. The van der Waals surface area contributed by atoms with E-state index >= 15 is 0 Å². The molecule has 2 bridgehead atoms. The van der Waals surface area contributed by atoms with Gasteiger partial charge in [0, 0.05) is 54.2 Å². The Balaban J connectivity index is 1.54. The monoisotopic (exact) mass is 366 g/mol. The van der Waals surface area contributed by atoms with E-state index in [2.05, 4.69) is 51.7 Å². The number of fused-ring (bicyclic) bond motifs is 6. The molecule has 0 N–H and O–H groups in total. The van der Waals surface area contributed by atoms with Gasteiger partial charge >= 0.3 is 0 Å². The molecule has 4 heteroatoms. The molecule has 4 nitrogen and oxygen atoms in total. The Hall–Kier alpha value is -2.98. The van der Waals surface area contributed by atoms with Crippen LogP contribution >= 0.6 is 0 Å². The first-order chi connectivity index (χ1) is 13.8. The largest absolute Gasteiger partial charge is 0.297 e. The molecule has 6 rings (SSSR count). The van der Waals surface area contributed by atoms with Crippen molar-refractivity contribution in [1.82, 2.24) is 19.4 Å². The van der Waals surface area contributed by atoms with Crippen LogP contribution in [0.2, 0.25) is 0 Å². The number of benzene rings is 1. The Morgan fingerprint density at radius 3 is 2.71 bits per heavy atom. The first-order valence-corrected chi connectivity index (χ1v) is 10.0. The summed E-state index contributed by atoms with van der Waals surface area (Å²) in [5.41, 5.74) is 7.87. The number of pyridine rings is 2. The van der Waals surface area contributed by atoms with Crippen molar-refractivity contribution >= 4 is 10.9 Å². The van der Waals surface area contributed by atoms with Gasteiger partial charge in [0.2, 0.25) is 0 Å². The van der Waals surface area contributed by atoms with Crippen LogP contribution in [-0.2, 0) is 6.54 Å². The molecule has 0 amide bonds. The summed E-state index contributed by atoms with van der Waals surface area (Å²) in [4.78, 5) is 11.6. The molecule has 2 aliphatic rings. The maximum Gasteiger partial charge on any atom is 0.137 e. The number of hydrogen-bond acceptors (Lipinski definition) is 3. The Morgan fingerprint density at radius 1 is 1.00 bits per heavy atom. The van der Waals surface area contributed by atoms with Crippen molar-refractivity contribution in [3.05, 3.63) is 77.9 Å². The lowest BCUT2D eigenvalue weighted by atomic mass is 9.93. The van der Waals surface area contributed by atoms with Crippen molar-refractivity contribution in [2.45, 2.75) is 25.8 Å². The van der Waals surface area contributed by atoms with E-state index in [0.29, 0.717) is 5.92 Å². The molecule has 0 spiro atoms. The molecule has 0 radical (unpaired) electrons. The van der Waals surface area contributed by atoms with Gasteiger partial charge in [-0.1, -0.05) is 11.6 Å². The molecule has 1 fully saturated rings. The summed E-state index contributed by atoms with van der Waals surface area (Å²) in [6, 6.07) is 15.2. The van der Waals surface area contributed by atoms with Gasteiger partial charge in [-0.2, -0.15) is 0 Å². The third-order valence-corrected chi connectivity index (χ3v) is 6.31. The molecule has 0 saturated carbocycles. The zero-order valence-corrected chi connectivity index (χ0v) is 16.0. The highest BCUT2D eigenvalue weighted by atomic mass is 15.2. The summed E-state index contributed by atoms with van der Waals surface area (Å²) in [6.07, 6.45) is 6.90. The van der Waals surface area contributed by atoms with E-state index in [1.807, 2.05) is 30.7 Å².